The third-order valence-corrected chi connectivity index (χ3v) is 0. The van der Waals surface area contributed by atoms with E-state index in [9.17, 15) is 0 Å². The summed E-state index contributed by atoms with van der Waals surface area (Å²) in [6.45, 7) is 0. The zero-order valence-electron chi connectivity index (χ0n) is 2.83. The van der Waals surface area contributed by atoms with Crippen molar-refractivity contribution in [3.05, 3.63) is 0 Å². The minimum atomic E-state index is -3.83. The minimum absolute atomic E-state index is 0. The van der Waals surface area contributed by atoms with Crippen molar-refractivity contribution in [1.82, 2.24) is 0 Å². The zero-order chi connectivity index (χ0) is 4.50. The number of rotatable bonds is 0. The Morgan fingerprint density at radius 2 is 1.50 bits per heavy atom. The molecular formula is H5AsO3S2. The molecule has 0 fully saturated rings. The molecule has 3 nitrogen and oxygen atoms in total. The van der Waals surface area contributed by atoms with Gasteiger partial charge in [-0.05, 0) is 0 Å². The molecule has 0 bridgehead atoms. The Kier molecular flexibility index (Phi) is 4.87. The van der Waals surface area contributed by atoms with Crippen LogP contribution in [0.5, 0.6) is 0 Å². The molecule has 0 saturated carbocycles. The van der Waals surface area contributed by atoms with Crippen LogP contribution >= 0.6 is 0 Å². The van der Waals surface area contributed by atoms with Gasteiger partial charge in [-0.1, -0.05) is 0 Å². The van der Waals surface area contributed by atoms with Crippen molar-refractivity contribution in [1.29, 1.82) is 0 Å². The molecule has 0 aromatic heterocycles. The Labute approximate surface area is 51.8 Å². The van der Waals surface area contributed by atoms with Crippen molar-refractivity contribution in [2.45, 2.75) is 0 Å². The second-order valence-electron chi connectivity index (χ2n) is 0.448. The van der Waals surface area contributed by atoms with Crippen LogP contribution in [-0.4, -0.2) is 31.3 Å². The van der Waals surface area contributed by atoms with Gasteiger partial charge in [0.25, 0.3) is 9.05 Å². The molecule has 0 saturated heterocycles. The summed E-state index contributed by atoms with van der Waals surface area (Å²) in [5, 5.41) is 0. The Hall–Kier alpha value is 0.848. The monoisotopic (exact) mass is 192 g/mol. The number of hydrogen-bond acceptors (Lipinski definition) is 2. The quantitative estimate of drug-likeness (QED) is 0.458. The van der Waals surface area contributed by atoms with Gasteiger partial charge in [-0.3, -0.25) is 9.11 Å². The van der Waals surface area contributed by atoms with Gasteiger partial charge in [0.2, 0.25) is 0 Å². The van der Waals surface area contributed by atoms with Crippen molar-refractivity contribution < 1.29 is 13.3 Å². The van der Waals surface area contributed by atoms with Gasteiger partial charge in [0.1, 0.15) is 0 Å². The molecule has 0 spiro atoms. The summed E-state index contributed by atoms with van der Waals surface area (Å²) in [5.41, 5.74) is 0. The fourth-order valence-electron chi connectivity index (χ4n) is 0. The Morgan fingerprint density at radius 1 is 1.50 bits per heavy atom. The van der Waals surface area contributed by atoms with E-state index in [1.807, 2.05) is 0 Å². The Bertz CT molecular complexity index is 92.0. The van der Waals surface area contributed by atoms with Gasteiger partial charge in [-0.25, -0.2) is 0 Å². The summed E-state index contributed by atoms with van der Waals surface area (Å²) in [6, 6.07) is 0. The first-order valence-electron chi connectivity index (χ1n) is 0.698. The van der Waals surface area contributed by atoms with Crippen LogP contribution in [0.2, 0.25) is 0 Å². The Balaban J connectivity index is 0. The Morgan fingerprint density at radius 3 is 1.50 bits per heavy atom. The normalized spacial score (nSPS) is 9.67. The third-order valence-electron chi connectivity index (χ3n) is 0. The molecule has 0 radical (unpaired) electrons. The SMILES string of the molecule is O=S(O)(O)=S.[AsH3]. The molecule has 0 amide bonds. The van der Waals surface area contributed by atoms with Crippen LogP contribution in [0.25, 0.3) is 0 Å². The molecule has 0 aromatic carbocycles. The van der Waals surface area contributed by atoms with Crippen LogP contribution in [0.4, 0.5) is 0 Å². The maximum atomic E-state index is 9.11. The van der Waals surface area contributed by atoms with Crippen molar-refractivity contribution >= 4 is 38.2 Å². The first-order chi connectivity index (χ1) is 2.00. The average molecular weight is 192 g/mol. The molecule has 0 aliphatic heterocycles. The molecule has 6 heavy (non-hydrogen) atoms. The van der Waals surface area contributed by atoms with Crippen LogP contribution in [0, 0.1) is 0 Å². The van der Waals surface area contributed by atoms with Gasteiger partial charge in [-0.15, -0.1) is 0 Å². The van der Waals surface area contributed by atoms with Crippen molar-refractivity contribution in [2.75, 3.05) is 0 Å². The van der Waals surface area contributed by atoms with Crippen LogP contribution in [0.3, 0.4) is 0 Å². The topological polar surface area (TPSA) is 57.5 Å². The summed E-state index contributed by atoms with van der Waals surface area (Å²) >= 11 is 3.47. The van der Waals surface area contributed by atoms with E-state index in [1.54, 1.807) is 0 Å². The summed E-state index contributed by atoms with van der Waals surface area (Å²) < 4.78 is 24.0. The predicted molar refractivity (Wildman–Crippen MR) is 30.7 cm³/mol. The average Bonchev–Trinajstić information content (AvgIpc) is 0.722. The van der Waals surface area contributed by atoms with Crippen LogP contribution in [-0.2, 0) is 20.2 Å². The van der Waals surface area contributed by atoms with Crippen LogP contribution in [0.1, 0.15) is 0 Å². The first-order valence-corrected chi connectivity index (χ1v) is 3.10. The maximum absolute atomic E-state index is 9.11. The van der Waals surface area contributed by atoms with Crippen LogP contribution < -0.4 is 0 Å². The molecule has 2 N–H and O–H groups in total. The fourth-order valence-corrected chi connectivity index (χ4v) is 0. The molecule has 1 unspecified atom stereocenters. The van der Waals surface area contributed by atoms with Crippen LogP contribution in [0.15, 0.2) is 0 Å². The van der Waals surface area contributed by atoms with Gasteiger partial charge in [0, 0.05) is 11.2 Å². The zero-order valence-corrected chi connectivity index (χ0v) is 7.43. The first kappa shape index (κ1) is 9.96. The second-order valence-corrected chi connectivity index (χ2v) is 2.65. The van der Waals surface area contributed by atoms with E-state index in [0.29, 0.717) is 0 Å². The van der Waals surface area contributed by atoms with E-state index < -0.39 is 9.05 Å². The molecule has 0 rings (SSSR count). The van der Waals surface area contributed by atoms with E-state index in [-0.39, 0.29) is 18.0 Å². The standard InChI is InChI=1S/AsH3.H2O3S2/c;1-5(2,3)4/h1H3;(H2,1,2,3,4). The van der Waals surface area contributed by atoms with Crippen molar-refractivity contribution in [3.8, 4) is 0 Å². The van der Waals surface area contributed by atoms with Gasteiger partial charge in [-0.2, -0.15) is 4.21 Å². The van der Waals surface area contributed by atoms with Gasteiger partial charge in [0.05, 0.1) is 0 Å². The van der Waals surface area contributed by atoms with Crippen molar-refractivity contribution in [2.24, 2.45) is 0 Å². The molecule has 1 atom stereocenters. The van der Waals surface area contributed by atoms with Gasteiger partial charge in [0.15, 0.2) is 0 Å². The van der Waals surface area contributed by atoms with E-state index in [1.165, 1.54) is 0 Å². The fraction of sp³-hybridized carbons (Fsp3) is 0. The van der Waals surface area contributed by atoms with Crippen molar-refractivity contribution in [3.63, 3.8) is 0 Å². The molecule has 0 aliphatic carbocycles. The summed E-state index contributed by atoms with van der Waals surface area (Å²) in [4.78, 5) is 0. The molecule has 40 valence electrons. The van der Waals surface area contributed by atoms with Gasteiger partial charge >= 0.3 is 18.0 Å². The predicted octanol–water partition coefficient (Wildman–Crippen LogP) is -1.51. The molecule has 6 heteroatoms. The van der Waals surface area contributed by atoms with E-state index >= 15 is 0 Å². The molecule has 0 aromatic rings. The summed E-state index contributed by atoms with van der Waals surface area (Å²) in [6.07, 6.45) is 0. The second kappa shape index (κ2) is 2.93. The van der Waals surface area contributed by atoms with E-state index in [0.717, 1.165) is 0 Å². The molecular weight excluding hydrogens is 187 g/mol. The third kappa shape index (κ3) is 99.8. The summed E-state index contributed by atoms with van der Waals surface area (Å²) in [5.74, 6) is 0. The summed E-state index contributed by atoms with van der Waals surface area (Å²) in [7, 11) is -3.83. The van der Waals surface area contributed by atoms with E-state index in [4.69, 9.17) is 13.3 Å². The number of hydrogen-bond donors (Lipinski definition) is 2. The van der Waals surface area contributed by atoms with E-state index in [2.05, 4.69) is 11.2 Å². The molecule has 0 aliphatic rings. The van der Waals surface area contributed by atoms with Gasteiger partial charge < -0.3 is 0 Å². The molecule has 0 heterocycles.